The summed E-state index contributed by atoms with van der Waals surface area (Å²) in [5.74, 6) is -1.32. The van der Waals surface area contributed by atoms with Crippen molar-refractivity contribution in [3.63, 3.8) is 0 Å². The lowest BCUT2D eigenvalue weighted by molar-refractivity contribution is -0.140. The topological polar surface area (TPSA) is 75.0 Å². The molecule has 0 radical (unpaired) electrons. The monoisotopic (exact) mass is 278 g/mol. The van der Waals surface area contributed by atoms with E-state index in [9.17, 15) is 18.0 Å². The fourth-order valence-electron chi connectivity index (χ4n) is 1.88. The first-order valence-corrected chi connectivity index (χ1v) is 5.44. The van der Waals surface area contributed by atoms with E-state index in [0.29, 0.717) is 6.42 Å². The molecule has 2 rings (SSSR count). The second-order valence-corrected chi connectivity index (χ2v) is 4.28. The third-order valence-electron chi connectivity index (χ3n) is 2.74. The molecule has 1 amide bonds. The maximum absolute atomic E-state index is 12.7. The second-order valence-electron chi connectivity index (χ2n) is 3.86. The number of carbonyl (C=O) groups excluding carboxylic acids is 1. The van der Waals surface area contributed by atoms with Gasteiger partial charge in [-0.2, -0.15) is 18.3 Å². The van der Waals surface area contributed by atoms with Crippen LogP contribution in [0.15, 0.2) is 6.20 Å². The zero-order chi connectivity index (χ0) is 13.5. The van der Waals surface area contributed by atoms with Crippen LogP contribution in [0.3, 0.4) is 0 Å². The normalized spacial score (nSPS) is 20.5. The Hall–Kier alpha value is -1.64. The number of primary amides is 1. The van der Waals surface area contributed by atoms with Crippen molar-refractivity contribution in [3.05, 3.63) is 11.9 Å². The largest absolute Gasteiger partial charge is 0.434 e. The number of hydrogen-bond acceptors (Lipinski definition) is 3. The summed E-state index contributed by atoms with van der Waals surface area (Å²) in [6.45, 7) is 0.217. The summed E-state index contributed by atoms with van der Waals surface area (Å²) in [6.07, 6.45) is -3.19. The fraction of sp³-hybridized carbons (Fsp3) is 0.444. The number of thiocarbonyl (C=S) groups is 1. The summed E-state index contributed by atoms with van der Waals surface area (Å²) in [4.78, 5) is 12.4. The summed E-state index contributed by atoms with van der Waals surface area (Å²) in [6, 6.07) is 0. The van der Waals surface area contributed by atoms with Crippen LogP contribution < -0.4 is 10.6 Å². The highest BCUT2D eigenvalue weighted by atomic mass is 32.1. The molecule has 0 aromatic carbocycles. The summed E-state index contributed by atoms with van der Waals surface area (Å²) in [5.41, 5.74) is 3.98. The Morgan fingerprint density at radius 3 is 2.78 bits per heavy atom. The van der Waals surface area contributed by atoms with Crippen molar-refractivity contribution in [1.29, 1.82) is 0 Å². The molecule has 98 valence electrons. The molecule has 2 heterocycles. The van der Waals surface area contributed by atoms with Crippen LogP contribution in [0.5, 0.6) is 0 Å². The molecule has 1 atom stereocenters. The van der Waals surface area contributed by atoms with Crippen LogP contribution in [0, 0.1) is 5.92 Å². The van der Waals surface area contributed by atoms with Crippen LogP contribution in [-0.2, 0) is 11.0 Å². The first kappa shape index (κ1) is 12.8. The van der Waals surface area contributed by atoms with Crippen LogP contribution in [0.1, 0.15) is 12.1 Å². The summed E-state index contributed by atoms with van der Waals surface area (Å²) in [5, 5.41) is 5.27. The van der Waals surface area contributed by atoms with Crippen LogP contribution in [0.2, 0.25) is 0 Å². The Labute approximate surface area is 105 Å². The predicted octanol–water partition coefficient (Wildman–Crippen LogP) is 1.07. The predicted molar refractivity (Wildman–Crippen MR) is 60.8 cm³/mol. The van der Waals surface area contributed by atoms with Gasteiger partial charge in [-0.3, -0.25) is 9.89 Å². The average molecular weight is 278 g/mol. The first-order valence-electron chi connectivity index (χ1n) is 5.03. The summed E-state index contributed by atoms with van der Waals surface area (Å²) < 4.78 is 38.1. The second kappa shape index (κ2) is 4.23. The lowest BCUT2D eigenvalue weighted by Crippen LogP contribution is -2.32. The van der Waals surface area contributed by atoms with Crippen molar-refractivity contribution < 1.29 is 18.0 Å². The lowest BCUT2D eigenvalue weighted by atomic mass is 10.1. The molecule has 0 saturated carbocycles. The van der Waals surface area contributed by atoms with Crippen LogP contribution >= 0.6 is 12.2 Å². The Balaban J connectivity index is 2.32. The highest BCUT2D eigenvalue weighted by Gasteiger charge is 2.41. The molecule has 1 aromatic heterocycles. The summed E-state index contributed by atoms with van der Waals surface area (Å²) in [7, 11) is 0. The smallest absolute Gasteiger partial charge is 0.369 e. The Morgan fingerprint density at radius 2 is 2.28 bits per heavy atom. The zero-order valence-electron chi connectivity index (χ0n) is 8.99. The third kappa shape index (κ3) is 2.05. The van der Waals surface area contributed by atoms with Crippen LogP contribution in [-0.4, -0.2) is 27.6 Å². The molecule has 18 heavy (non-hydrogen) atoms. The molecule has 1 saturated heterocycles. The van der Waals surface area contributed by atoms with Crippen molar-refractivity contribution in [2.75, 3.05) is 11.4 Å². The van der Waals surface area contributed by atoms with Gasteiger partial charge < -0.3 is 10.6 Å². The number of nitrogens with two attached hydrogens (primary N) is 1. The first-order chi connectivity index (χ1) is 8.32. The zero-order valence-corrected chi connectivity index (χ0v) is 9.81. The lowest BCUT2D eigenvalue weighted by Gasteiger charge is -2.19. The molecule has 1 fully saturated rings. The maximum Gasteiger partial charge on any atom is 0.434 e. The molecule has 0 aliphatic carbocycles. The van der Waals surface area contributed by atoms with Crippen molar-refractivity contribution in [2.45, 2.75) is 12.6 Å². The number of hydrogen-bond donors (Lipinski definition) is 2. The number of aromatic nitrogens is 2. The molecular weight excluding hydrogens is 269 g/mol. The Kier molecular flexibility index (Phi) is 3.01. The number of aromatic amines is 1. The number of H-pyrrole nitrogens is 1. The number of halogens is 3. The van der Waals surface area contributed by atoms with E-state index < -0.39 is 23.7 Å². The quantitative estimate of drug-likeness (QED) is 0.793. The maximum atomic E-state index is 12.7. The number of rotatable bonds is 2. The van der Waals surface area contributed by atoms with Crippen LogP contribution in [0.4, 0.5) is 18.9 Å². The van der Waals surface area contributed by atoms with E-state index in [1.54, 1.807) is 0 Å². The standard InChI is InChI=1S/C9H9F3N4OS/c10-9(11,12)6-5(3-14-15-6)16-2-1-4(7(13)17)8(16)18/h3-4H,1-2H2,(H2,13,17)(H,14,15). The van der Waals surface area contributed by atoms with E-state index in [4.69, 9.17) is 18.0 Å². The summed E-state index contributed by atoms with van der Waals surface area (Å²) >= 11 is 4.98. The van der Waals surface area contributed by atoms with Gasteiger partial charge in [-0.25, -0.2) is 0 Å². The van der Waals surface area contributed by atoms with Gasteiger partial charge in [-0.1, -0.05) is 12.2 Å². The average Bonchev–Trinajstić information content (AvgIpc) is 2.81. The van der Waals surface area contributed by atoms with Crippen molar-refractivity contribution in [1.82, 2.24) is 10.2 Å². The molecular formula is C9H9F3N4OS. The van der Waals surface area contributed by atoms with Crippen molar-refractivity contribution >= 4 is 28.8 Å². The van der Waals surface area contributed by atoms with Gasteiger partial charge in [0.05, 0.1) is 22.8 Å². The van der Waals surface area contributed by atoms with E-state index >= 15 is 0 Å². The minimum atomic E-state index is -4.55. The highest BCUT2D eigenvalue weighted by molar-refractivity contribution is 7.80. The molecule has 1 aliphatic heterocycles. The molecule has 1 unspecified atom stereocenters. The number of alkyl halides is 3. The Bertz CT molecular complexity index is 498. The van der Waals surface area contributed by atoms with E-state index in [2.05, 4.69) is 5.10 Å². The molecule has 1 aliphatic rings. The van der Waals surface area contributed by atoms with E-state index in [0.717, 1.165) is 6.20 Å². The molecule has 0 bridgehead atoms. The van der Waals surface area contributed by atoms with Gasteiger partial charge in [-0.05, 0) is 6.42 Å². The van der Waals surface area contributed by atoms with Gasteiger partial charge in [0.15, 0.2) is 5.69 Å². The molecule has 5 nitrogen and oxygen atoms in total. The van der Waals surface area contributed by atoms with E-state index in [-0.39, 0.29) is 17.2 Å². The number of carbonyl (C=O) groups is 1. The fourth-order valence-corrected chi connectivity index (χ4v) is 2.30. The Morgan fingerprint density at radius 1 is 1.61 bits per heavy atom. The van der Waals surface area contributed by atoms with Crippen LogP contribution in [0.25, 0.3) is 0 Å². The van der Waals surface area contributed by atoms with Gasteiger partial charge in [0.1, 0.15) is 0 Å². The molecule has 0 spiro atoms. The van der Waals surface area contributed by atoms with Gasteiger partial charge in [0.2, 0.25) is 5.91 Å². The minimum absolute atomic E-state index is 0.106. The SMILES string of the molecule is NC(=O)C1CCN(c2cn[nH]c2C(F)(F)F)C1=S. The van der Waals surface area contributed by atoms with E-state index in [1.807, 2.05) is 5.10 Å². The van der Waals surface area contributed by atoms with Gasteiger partial charge in [-0.15, -0.1) is 0 Å². The number of anilines is 1. The van der Waals surface area contributed by atoms with E-state index in [1.165, 1.54) is 4.90 Å². The minimum Gasteiger partial charge on any atom is -0.369 e. The van der Waals surface area contributed by atoms with Gasteiger partial charge >= 0.3 is 6.18 Å². The number of nitrogens with one attached hydrogen (secondary N) is 1. The molecule has 9 heteroatoms. The molecule has 1 aromatic rings. The van der Waals surface area contributed by atoms with Gasteiger partial charge in [0, 0.05) is 6.54 Å². The van der Waals surface area contributed by atoms with Crippen molar-refractivity contribution in [3.8, 4) is 0 Å². The molecule has 3 N–H and O–H groups in total. The van der Waals surface area contributed by atoms with Gasteiger partial charge in [0.25, 0.3) is 0 Å². The third-order valence-corrected chi connectivity index (χ3v) is 3.25. The van der Waals surface area contributed by atoms with Crippen molar-refractivity contribution in [2.24, 2.45) is 11.7 Å². The highest BCUT2D eigenvalue weighted by Crippen LogP contribution is 2.37. The number of amides is 1. The number of nitrogens with zero attached hydrogens (tertiary/aromatic N) is 2.